The molecule has 1 atom stereocenters. The number of anilines is 1. The maximum absolute atomic E-state index is 13.8. The van der Waals surface area contributed by atoms with Crippen LogP contribution in [0.4, 0.5) is 36.4 Å². The quantitative estimate of drug-likeness (QED) is 0.608. The second-order valence-corrected chi connectivity index (χ2v) is 5.71. The first kappa shape index (κ1) is 20.0. The van der Waals surface area contributed by atoms with Crippen LogP contribution in [-0.2, 0) is 17.5 Å². The van der Waals surface area contributed by atoms with E-state index < -0.39 is 52.5 Å². The fraction of sp³-hybridized carbons (Fsp3) is 0.286. The summed E-state index contributed by atoms with van der Waals surface area (Å²) in [5.74, 6) is -12.2. The Morgan fingerprint density at radius 1 is 1.19 bits per heavy atom. The highest BCUT2D eigenvalue weighted by Gasteiger charge is 2.42. The van der Waals surface area contributed by atoms with Crippen molar-refractivity contribution in [2.45, 2.75) is 19.6 Å². The Labute approximate surface area is 146 Å². The zero-order chi connectivity index (χ0) is 19.8. The van der Waals surface area contributed by atoms with Crippen LogP contribution in [0.25, 0.3) is 0 Å². The van der Waals surface area contributed by atoms with Crippen LogP contribution in [0, 0.1) is 29.2 Å². The van der Waals surface area contributed by atoms with Gasteiger partial charge in [-0.15, -0.1) is 0 Å². The predicted molar refractivity (Wildman–Crippen MR) is 76.3 cm³/mol. The molecule has 2 rings (SSSR count). The van der Waals surface area contributed by atoms with E-state index in [4.69, 9.17) is 11.6 Å². The van der Waals surface area contributed by atoms with E-state index in [1.807, 2.05) is 0 Å². The average Bonchev–Trinajstić information content (AvgIpc) is 2.93. The molecule has 4 nitrogen and oxygen atoms in total. The van der Waals surface area contributed by atoms with Crippen molar-refractivity contribution >= 4 is 23.2 Å². The summed E-state index contributed by atoms with van der Waals surface area (Å²) in [5.41, 5.74) is -4.37. The number of hydrogen-bond acceptors (Lipinski definition) is 2. The number of hydrogen-bond donors (Lipinski definition) is 1. The third-order valence-electron chi connectivity index (χ3n) is 3.31. The Morgan fingerprint density at radius 2 is 1.73 bits per heavy atom. The molecule has 0 aliphatic heterocycles. The SMILES string of the molecule is CC(Cn1cc(Cl)cn1)C(=O)Nc1c(F)c(F)c(C(F)(F)F)c(F)c1F. The van der Waals surface area contributed by atoms with Crippen molar-refractivity contribution in [1.29, 1.82) is 0 Å². The van der Waals surface area contributed by atoms with E-state index in [2.05, 4.69) is 5.10 Å². The summed E-state index contributed by atoms with van der Waals surface area (Å²) in [7, 11) is 0. The number of benzene rings is 1. The average molecular weight is 404 g/mol. The van der Waals surface area contributed by atoms with Crippen molar-refractivity contribution < 1.29 is 35.5 Å². The second-order valence-electron chi connectivity index (χ2n) is 5.27. The largest absolute Gasteiger partial charge is 0.422 e. The number of alkyl halides is 3. The van der Waals surface area contributed by atoms with Crippen molar-refractivity contribution in [3.05, 3.63) is 46.2 Å². The number of carbonyl (C=O) groups is 1. The molecule has 0 radical (unpaired) electrons. The van der Waals surface area contributed by atoms with E-state index in [9.17, 15) is 35.5 Å². The van der Waals surface area contributed by atoms with Crippen LogP contribution >= 0.6 is 11.6 Å². The summed E-state index contributed by atoms with van der Waals surface area (Å²) in [6.45, 7) is 1.17. The van der Waals surface area contributed by atoms with Crippen LogP contribution in [0.3, 0.4) is 0 Å². The Hall–Kier alpha value is -2.30. The fourth-order valence-corrected chi connectivity index (χ4v) is 2.19. The van der Waals surface area contributed by atoms with E-state index in [1.54, 1.807) is 5.32 Å². The zero-order valence-electron chi connectivity index (χ0n) is 12.8. The van der Waals surface area contributed by atoms with Crippen molar-refractivity contribution in [3.8, 4) is 0 Å². The normalized spacial score (nSPS) is 13.0. The minimum absolute atomic E-state index is 0.118. The molecule has 1 heterocycles. The summed E-state index contributed by atoms with van der Waals surface area (Å²) < 4.78 is 93.3. The molecular formula is C14H9ClF7N3O. The Morgan fingerprint density at radius 3 is 2.15 bits per heavy atom. The van der Waals surface area contributed by atoms with E-state index in [-0.39, 0.29) is 11.6 Å². The van der Waals surface area contributed by atoms with Crippen LogP contribution < -0.4 is 5.32 Å². The van der Waals surface area contributed by atoms with Gasteiger partial charge in [-0.05, 0) is 0 Å². The van der Waals surface area contributed by atoms with E-state index in [1.165, 1.54) is 24.0 Å². The van der Waals surface area contributed by atoms with Crippen LogP contribution in [0.5, 0.6) is 0 Å². The number of nitrogens with zero attached hydrogens (tertiary/aromatic N) is 2. The Balaban J connectivity index is 2.30. The van der Waals surface area contributed by atoms with Crippen LogP contribution in [0.1, 0.15) is 12.5 Å². The number of aromatic nitrogens is 2. The molecular weight excluding hydrogens is 395 g/mol. The van der Waals surface area contributed by atoms with Crippen LogP contribution in [0.15, 0.2) is 12.4 Å². The molecule has 1 amide bonds. The van der Waals surface area contributed by atoms with Crippen molar-refractivity contribution in [1.82, 2.24) is 9.78 Å². The summed E-state index contributed by atoms with van der Waals surface area (Å²) in [6, 6.07) is 0. The fourth-order valence-electron chi connectivity index (χ4n) is 2.04. The molecule has 0 bridgehead atoms. The molecule has 0 aliphatic carbocycles. The standard InChI is InChI=1S/C14H9ClF7N3O/c1-5(3-25-4-6(15)2-23-25)13(26)24-12-10(18)8(16)7(14(20,21)22)9(17)11(12)19/h2,4-5H,3H2,1H3,(H,24,26). The van der Waals surface area contributed by atoms with Gasteiger partial charge in [0.15, 0.2) is 23.3 Å². The molecule has 0 aliphatic rings. The number of rotatable bonds is 4. The summed E-state index contributed by atoms with van der Waals surface area (Å²) >= 11 is 5.62. The molecule has 26 heavy (non-hydrogen) atoms. The van der Waals surface area contributed by atoms with Gasteiger partial charge in [-0.3, -0.25) is 9.48 Å². The van der Waals surface area contributed by atoms with Crippen LogP contribution in [0.2, 0.25) is 5.02 Å². The molecule has 0 spiro atoms. The molecule has 0 fully saturated rings. The molecule has 0 saturated heterocycles. The summed E-state index contributed by atoms with van der Waals surface area (Å²) in [5, 5.41) is 5.57. The van der Waals surface area contributed by atoms with Gasteiger partial charge in [-0.2, -0.15) is 18.3 Å². The van der Waals surface area contributed by atoms with Gasteiger partial charge in [0, 0.05) is 6.20 Å². The molecule has 142 valence electrons. The third-order valence-corrected chi connectivity index (χ3v) is 3.50. The smallest absolute Gasteiger partial charge is 0.321 e. The van der Waals surface area contributed by atoms with E-state index in [0.717, 1.165) is 0 Å². The van der Waals surface area contributed by atoms with Gasteiger partial charge < -0.3 is 5.32 Å². The Bertz CT molecular complexity index is 821. The first-order valence-corrected chi connectivity index (χ1v) is 7.23. The molecule has 1 unspecified atom stereocenters. The Kier molecular flexibility index (Phi) is 5.49. The predicted octanol–water partition coefficient (Wildman–Crippen LogP) is 4.39. The molecule has 1 aromatic heterocycles. The molecule has 0 saturated carbocycles. The first-order valence-electron chi connectivity index (χ1n) is 6.85. The highest BCUT2D eigenvalue weighted by molar-refractivity contribution is 6.30. The van der Waals surface area contributed by atoms with Gasteiger partial charge in [0.1, 0.15) is 11.3 Å². The number of carbonyl (C=O) groups excluding carboxylic acids is 1. The molecule has 1 aromatic carbocycles. The van der Waals surface area contributed by atoms with Gasteiger partial charge >= 0.3 is 6.18 Å². The highest BCUT2D eigenvalue weighted by Crippen LogP contribution is 2.38. The summed E-state index contributed by atoms with van der Waals surface area (Å²) in [6.07, 6.45) is -3.07. The topological polar surface area (TPSA) is 46.9 Å². The van der Waals surface area contributed by atoms with Gasteiger partial charge in [0.05, 0.1) is 23.7 Å². The van der Waals surface area contributed by atoms with Crippen molar-refractivity contribution in [3.63, 3.8) is 0 Å². The highest BCUT2D eigenvalue weighted by atomic mass is 35.5. The third kappa shape index (κ3) is 3.92. The minimum Gasteiger partial charge on any atom is -0.321 e. The lowest BCUT2D eigenvalue weighted by Gasteiger charge is -2.16. The van der Waals surface area contributed by atoms with Crippen LogP contribution in [-0.4, -0.2) is 15.7 Å². The monoisotopic (exact) mass is 403 g/mol. The van der Waals surface area contributed by atoms with E-state index in [0.29, 0.717) is 0 Å². The van der Waals surface area contributed by atoms with Gasteiger partial charge in [-0.25, -0.2) is 17.6 Å². The number of halogens is 8. The lowest BCUT2D eigenvalue weighted by atomic mass is 10.1. The summed E-state index contributed by atoms with van der Waals surface area (Å²) in [4.78, 5) is 11.9. The van der Waals surface area contributed by atoms with E-state index >= 15 is 0 Å². The first-order chi connectivity index (χ1) is 11.9. The maximum Gasteiger partial charge on any atom is 0.422 e. The van der Waals surface area contributed by atoms with Gasteiger partial charge in [0.2, 0.25) is 5.91 Å². The molecule has 2 aromatic rings. The minimum atomic E-state index is -5.66. The second kappa shape index (κ2) is 7.14. The van der Waals surface area contributed by atoms with Gasteiger partial charge in [-0.1, -0.05) is 18.5 Å². The van der Waals surface area contributed by atoms with Crippen molar-refractivity contribution in [2.24, 2.45) is 5.92 Å². The lowest BCUT2D eigenvalue weighted by Crippen LogP contribution is -2.27. The maximum atomic E-state index is 13.8. The lowest BCUT2D eigenvalue weighted by molar-refractivity contribution is -0.143. The molecule has 12 heteroatoms. The zero-order valence-corrected chi connectivity index (χ0v) is 13.5. The molecule has 1 N–H and O–H groups in total. The number of nitrogens with one attached hydrogen (secondary N) is 1. The number of amides is 1. The van der Waals surface area contributed by atoms with Crippen molar-refractivity contribution in [2.75, 3.05) is 5.32 Å². The van der Waals surface area contributed by atoms with Gasteiger partial charge in [0.25, 0.3) is 0 Å².